The average molecular weight is 253 g/mol. The van der Waals surface area contributed by atoms with Gasteiger partial charge in [-0.25, -0.2) is 0 Å². The molecule has 0 aromatic heterocycles. The molecule has 0 spiro atoms. The summed E-state index contributed by atoms with van der Waals surface area (Å²) in [7, 11) is 1.68. The first-order valence-electron chi connectivity index (χ1n) is 6.49. The van der Waals surface area contributed by atoms with E-state index in [9.17, 15) is 0 Å². The Morgan fingerprint density at radius 1 is 1.05 bits per heavy atom. The molecule has 2 aromatic rings. The van der Waals surface area contributed by atoms with E-state index in [-0.39, 0.29) is 6.04 Å². The molecule has 2 nitrogen and oxygen atoms in total. The van der Waals surface area contributed by atoms with Gasteiger partial charge in [-0.2, -0.15) is 0 Å². The lowest BCUT2D eigenvalue weighted by atomic mass is 10.1. The van der Waals surface area contributed by atoms with Crippen LogP contribution in [0.3, 0.4) is 0 Å². The first-order valence-corrected chi connectivity index (χ1v) is 6.49. The Balaban J connectivity index is 2.02. The number of ether oxygens (including phenoxy) is 1. The summed E-state index contributed by atoms with van der Waals surface area (Å²) in [6.45, 7) is 2.12. The summed E-state index contributed by atoms with van der Waals surface area (Å²) in [4.78, 5) is 4.59. The molecule has 0 heterocycles. The maximum Gasteiger partial charge on any atom is 0.127 e. The molecule has 0 fully saturated rings. The molecule has 0 aliphatic carbocycles. The lowest BCUT2D eigenvalue weighted by Gasteiger charge is -2.07. The summed E-state index contributed by atoms with van der Waals surface area (Å²) < 4.78 is 5.30. The number of aliphatic imine (C=N–C) groups is 1. The van der Waals surface area contributed by atoms with Crippen LogP contribution in [0.1, 0.15) is 18.1 Å². The molecule has 2 rings (SSSR count). The van der Waals surface area contributed by atoms with Crippen molar-refractivity contribution in [2.45, 2.75) is 19.4 Å². The summed E-state index contributed by atoms with van der Waals surface area (Å²) in [5, 5.41) is 0. The van der Waals surface area contributed by atoms with Crippen LogP contribution in [-0.2, 0) is 6.42 Å². The molecule has 0 unspecified atom stereocenters. The highest BCUT2D eigenvalue weighted by Gasteiger charge is 2.02. The molecule has 1 atom stereocenters. The van der Waals surface area contributed by atoms with E-state index >= 15 is 0 Å². The predicted octanol–water partition coefficient (Wildman–Crippen LogP) is 3.75. The largest absolute Gasteiger partial charge is 0.496 e. The Labute approximate surface area is 114 Å². The zero-order valence-corrected chi connectivity index (χ0v) is 11.4. The molecular weight excluding hydrogens is 234 g/mol. The van der Waals surface area contributed by atoms with Gasteiger partial charge < -0.3 is 4.74 Å². The zero-order chi connectivity index (χ0) is 13.5. The van der Waals surface area contributed by atoms with Crippen molar-refractivity contribution in [2.75, 3.05) is 7.11 Å². The van der Waals surface area contributed by atoms with Gasteiger partial charge in [0.2, 0.25) is 0 Å². The molecule has 0 amide bonds. The van der Waals surface area contributed by atoms with Crippen LogP contribution in [0.15, 0.2) is 59.6 Å². The van der Waals surface area contributed by atoms with Crippen LogP contribution >= 0.6 is 0 Å². The number of para-hydroxylation sites is 1. The van der Waals surface area contributed by atoms with Crippen LogP contribution in [0.25, 0.3) is 0 Å². The van der Waals surface area contributed by atoms with E-state index < -0.39 is 0 Å². The summed E-state index contributed by atoms with van der Waals surface area (Å²) in [6.07, 6.45) is 2.85. The van der Waals surface area contributed by atoms with Gasteiger partial charge in [0.05, 0.1) is 13.2 Å². The van der Waals surface area contributed by atoms with Gasteiger partial charge in [0.25, 0.3) is 0 Å². The number of hydrogen-bond donors (Lipinski definition) is 0. The second-order valence-corrected chi connectivity index (χ2v) is 4.56. The predicted molar refractivity (Wildman–Crippen MR) is 80.2 cm³/mol. The molecule has 2 heteroatoms. The number of methoxy groups -OCH3 is 1. The number of hydrogen-bond acceptors (Lipinski definition) is 2. The smallest absolute Gasteiger partial charge is 0.127 e. The summed E-state index contributed by atoms with van der Waals surface area (Å²) in [5.41, 5.74) is 2.33. The van der Waals surface area contributed by atoms with Crippen molar-refractivity contribution in [2.24, 2.45) is 4.99 Å². The Morgan fingerprint density at radius 3 is 2.47 bits per heavy atom. The highest BCUT2D eigenvalue weighted by Crippen LogP contribution is 2.15. The minimum Gasteiger partial charge on any atom is -0.496 e. The Morgan fingerprint density at radius 2 is 1.74 bits per heavy atom. The van der Waals surface area contributed by atoms with Gasteiger partial charge >= 0.3 is 0 Å². The van der Waals surface area contributed by atoms with Gasteiger partial charge in [0.15, 0.2) is 0 Å². The fourth-order valence-electron chi connectivity index (χ4n) is 1.99. The number of benzene rings is 2. The first kappa shape index (κ1) is 13.3. The molecule has 0 aliphatic heterocycles. The van der Waals surface area contributed by atoms with Crippen LogP contribution in [0.5, 0.6) is 5.75 Å². The van der Waals surface area contributed by atoms with E-state index in [2.05, 4.69) is 36.2 Å². The van der Waals surface area contributed by atoms with Gasteiger partial charge in [0, 0.05) is 11.8 Å². The molecule has 0 radical (unpaired) electrons. The third-order valence-electron chi connectivity index (χ3n) is 2.98. The van der Waals surface area contributed by atoms with Crippen molar-refractivity contribution in [3.63, 3.8) is 0 Å². The molecule has 0 saturated heterocycles. The van der Waals surface area contributed by atoms with E-state index in [0.29, 0.717) is 0 Å². The SMILES string of the molecule is COc1ccccc1C=N[C@H](C)Cc1ccccc1. The van der Waals surface area contributed by atoms with Crippen LogP contribution < -0.4 is 4.74 Å². The number of rotatable bonds is 5. The van der Waals surface area contributed by atoms with E-state index in [4.69, 9.17) is 4.74 Å². The molecule has 98 valence electrons. The van der Waals surface area contributed by atoms with Gasteiger partial charge in [-0.15, -0.1) is 0 Å². The van der Waals surface area contributed by atoms with E-state index in [1.54, 1.807) is 7.11 Å². The first-order chi connectivity index (χ1) is 9.29. The molecular formula is C17H19NO. The van der Waals surface area contributed by atoms with Crippen LogP contribution in [0.4, 0.5) is 0 Å². The minimum atomic E-state index is 0.257. The van der Waals surface area contributed by atoms with E-state index in [1.165, 1.54) is 5.56 Å². The van der Waals surface area contributed by atoms with Crippen LogP contribution in [0.2, 0.25) is 0 Å². The highest BCUT2D eigenvalue weighted by molar-refractivity contribution is 5.83. The quantitative estimate of drug-likeness (QED) is 0.744. The van der Waals surface area contributed by atoms with Crippen LogP contribution in [-0.4, -0.2) is 19.4 Å². The summed E-state index contributed by atoms with van der Waals surface area (Å²) in [5.74, 6) is 0.859. The van der Waals surface area contributed by atoms with Crippen LogP contribution in [0, 0.1) is 0 Å². The average Bonchev–Trinajstić information content (AvgIpc) is 2.46. The highest BCUT2D eigenvalue weighted by atomic mass is 16.5. The van der Waals surface area contributed by atoms with Crippen molar-refractivity contribution in [1.82, 2.24) is 0 Å². The Bertz CT molecular complexity index is 534. The fraction of sp³-hybridized carbons (Fsp3) is 0.235. The summed E-state index contributed by atoms with van der Waals surface area (Å²) >= 11 is 0. The van der Waals surface area contributed by atoms with Gasteiger partial charge in [0.1, 0.15) is 5.75 Å². The Hall–Kier alpha value is -2.09. The topological polar surface area (TPSA) is 21.6 Å². The lowest BCUT2D eigenvalue weighted by molar-refractivity contribution is 0.414. The third-order valence-corrected chi connectivity index (χ3v) is 2.98. The standard InChI is InChI=1S/C17H19NO/c1-14(12-15-8-4-3-5-9-15)18-13-16-10-6-7-11-17(16)19-2/h3-11,13-14H,12H2,1-2H3/t14-/m1/s1. The molecule has 19 heavy (non-hydrogen) atoms. The zero-order valence-electron chi connectivity index (χ0n) is 11.4. The van der Waals surface area contributed by atoms with E-state index in [0.717, 1.165) is 17.7 Å². The molecule has 2 aromatic carbocycles. The normalized spacial score (nSPS) is 12.5. The van der Waals surface area contributed by atoms with Crippen molar-refractivity contribution in [3.05, 3.63) is 65.7 Å². The molecule has 0 saturated carbocycles. The lowest BCUT2D eigenvalue weighted by Crippen LogP contribution is -2.03. The third kappa shape index (κ3) is 3.95. The second kappa shape index (κ2) is 6.74. The second-order valence-electron chi connectivity index (χ2n) is 4.56. The van der Waals surface area contributed by atoms with Gasteiger partial charge in [-0.3, -0.25) is 4.99 Å². The molecule has 0 bridgehead atoms. The monoisotopic (exact) mass is 253 g/mol. The van der Waals surface area contributed by atoms with Crippen molar-refractivity contribution < 1.29 is 4.74 Å². The molecule has 0 N–H and O–H groups in total. The van der Waals surface area contributed by atoms with Crippen molar-refractivity contribution >= 4 is 6.21 Å². The fourth-order valence-corrected chi connectivity index (χ4v) is 1.99. The summed E-state index contributed by atoms with van der Waals surface area (Å²) in [6, 6.07) is 18.6. The number of nitrogens with zero attached hydrogens (tertiary/aromatic N) is 1. The van der Waals surface area contributed by atoms with Gasteiger partial charge in [-0.1, -0.05) is 42.5 Å². The maximum atomic E-state index is 5.30. The Kier molecular flexibility index (Phi) is 4.73. The van der Waals surface area contributed by atoms with Gasteiger partial charge in [-0.05, 0) is 31.0 Å². The van der Waals surface area contributed by atoms with Crippen molar-refractivity contribution in [3.8, 4) is 5.75 Å². The maximum absolute atomic E-state index is 5.30. The van der Waals surface area contributed by atoms with E-state index in [1.807, 2.05) is 36.5 Å². The molecule has 0 aliphatic rings. The minimum absolute atomic E-state index is 0.257. The van der Waals surface area contributed by atoms with Crippen molar-refractivity contribution in [1.29, 1.82) is 0 Å².